The van der Waals surface area contributed by atoms with Gasteiger partial charge in [0.1, 0.15) is 0 Å². The predicted molar refractivity (Wildman–Crippen MR) is 88.4 cm³/mol. The molecular weight excluding hydrogens is 286 g/mol. The number of carbonyl (C=O) groups excluding carboxylic acids is 1. The van der Waals surface area contributed by atoms with Crippen LogP contribution >= 0.6 is 0 Å². The SMILES string of the molecule is C=C1NC(=O)[C@H]2C[C@@H](c3ccccn3)[C@@H]1N2Cc1ccccc1. The number of benzene rings is 1. The molecule has 4 rings (SSSR count). The highest BCUT2D eigenvalue weighted by molar-refractivity contribution is 5.86. The average molecular weight is 305 g/mol. The van der Waals surface area contributed by atoms with Crippen LogP contribution in [-0.2, 0) is 11.3 Å². The zero-order valence-corrected chi connectivity index (χ0v) is 12.9. The number of nitrogens with zero attached hydrogens (tertiary/aromatic N) is 2. The third kappa shape index (κ3) is 2.45. The Kier molecular flexibility index (Phi) is 3.46. The van der Waals surface area contributed by atoms with E-state index in [1.165, 1.54) is 5.56 Å². The smallest absolute Gasteiger partial charge is 0.241 e. The molecule has 2 aliphatic rings. The van der Waals surface area contributed by atoms with E-state index in [1.54, 1.807) is 0 Å². The van der Waals surface area contributed by atoms with Crippen LogP contribution in [0.4, 0.5) is 0 Å². The summed E-state index contributed by atoms with van der Waals surface area (Å²) in [5, 5.41) is 2.95. The highest BCUT2D eigenvalue weighted by atomic mass is 16.2. The van der Waals surface area contributed by atoms with Crippen molar-refractivity contribution in [2.45, 2.75) is 31.0 Å². The largest absolute Gasteiger partial charge is 0.327 e. The quantitative estimate of drug-likeness (QED) is 0.947. The van der Waals surface area contributed by atoms with Gasteiger partial charge in [0.15, 0.2) is 0 Å². The molecule has 0 spiro atoms. The minimum absolute atomic E-state index is 0.0561. The third-order valence-corrected chi connectivity index (χ3v) is 4.84. The van der Waals surface area contributed by atoms with Crippen LogP contribution < -0.4 is 5.32 Å². The summed E-state index contributed by atoms with van der Waals surface area (Å²) < 4.78 is 0. The molecule has 116 valence electrons. The first kappa shape index (κ1) is 14.2. The zero-order chi connectivity index (χ0) is 15.8. The molecule has 1 amide bonds. The van der Waals surface area contributed by atoms with Crippen molar-refractivity contribution >= 4 is 5.91 Å². The number of hydrogen-bond donors (Lipinski definition) is 1. The number of carbonyl (C=O) groups is 1. The van der Waals surface area contributed by atoms with E-state index in [9.17, 15) is 4.79 Å². The molecule has 1 aromatic heterocycles. The number of nitrogens with one attached hydrogen (secondary N) is 1. The molecule has 0 radical (unpaired) electrons. The maximum atomic E-state index is 12.4. The molecule has 23 heavy (non-hydrogen) atoms. The van der Waals surface area contributed by atoms with Crippen LogP contribution in [-0.4, -0.2) is 27.9 Å². The van der Waals surface area contributed by atoms with E-state index in [2.05, 4.69) is 33.9 Å². The topological polar surface area (TPSA) is 45.2 Å². The lowest BCUT2D eigenvalue weighted by molar-refractivity contribution is -0.127. The fraction of sp³-hybridized carbons (Fsp3) is 0.263. The summed E-state index contributed by atoms with van der Waals surface area (Å²) in [5.41, 5.74) is 3.04. The molecule has 2 bridgehead atoms. The van der Waals surface area contributed by atoms with Gasteiger partial charge >= 0.3 is 0 Å². The first-order valence-corrected chi connectivity index (χ1v) is 7.94. The van der Waals surface area contributed by atoms with Gasteiger partial charge in [0.2, 0.25) is 5.91 Å². The predicted octanol–water partition coefficient (Wildman–Crippen LogP) is 2.45. The Morgan fingerprint density at radius 3 is 2.70 bits per heavy atom. The van der Waals surface area contributed by atoms with Crippen molar-refractivity contribution in [1.29, 1.82) is 0 Å². The summed E-state index contributed by atoms with van der Waals surface area (Å²) in [7, 11) is 0. The summed E-state index contributed by atoms with van der Waals surface area (Å²) in [6.07, 6.45) is 2.61. The molecule has 2 aliphatic heterocycles. The molecule has 2 saturated heterocycles. The van der Waals surface area contributed by atoms with Gasteiger partial charge in [0.25, 0.3) is 0 Å². The molecule has 0 saturated carbocycles. The Hall–Kier alpha value is -2.46. The molecule has 3 heterocycles. The Balaban J connectivity index is 1.69. The van der Waals surface area contributed by atoms with E-state index in [-0.39, 0.29) is 23.9 Å². The lowest BCUT2D eigenvalue weighted by Gasteiger charge is -2.36. The molecule has 0 aliphatic carbocycles. The van der Waals surface area contributed by atoms with Gasteiger partial charge < -0.3 is 5.32 Å². The molecule has 2 aromatic rings. The summed E-state index contributed by atoms with van der Waals surface area (Å²) in [5.74, 6) is 0.261. The van der Waals surface area contributed by atoms with Gasteiger partial charge in [-0.1, -0.05) is 43.0 Å². The Bertz CT molecular complexity index is 729. The van der Waals surface area contributed by atoms with Crippen LogP contribution in [0.25, 0.3) is 0 Å². The van der Waals surface area contributed by atoms with Crippen LogP contribution in [0.3, 0.4) is 0 Å². The Labute approximate surface area is 135 Å². The van der Waals surface area contributed by atoms with Crippen molar-refractivity contribution in [2.24, 2.45) is 0 Å². The second-order valence-corrected chi connectivity index (χ2v) is 6.23. The maximum Gasteiger partial charge on any atom is 0.241 e. The zero-order valence-electron chi connectivity index (χ0n) is 12.9. The number of piperazine rings is 1. The van der Waals surface area contributed by atoms with Gasteiger partial charge in [-0.05, 0) is 24.1 Å². The highest BCUT2D eigenvalue weighted by Crippen LogP contribution is 2.42. The van der Waals surface area contributed by atoms with E-state index in [4.69, 9.17) is 0 Å². The molecule has 2 fully saturated rings. The van der Waals surface area contributed by atoms with E-state index in [0.29, 0.717) is 0 Å². The van der Waals surface area contributed by atoms with Crippen molar-refractivity contribution in [3.63, 3.8) is 0 Å². The molecule has 1 N–H and O–H groups in total. The molecule has 3 atom stereocenters. The average Bonchev–Trinajstić information content (AvgIpc) is 2.89. The van der Waals surface area contributed by atoms with Crippen molar-refractivity contribution in [3.8, 4) is 0 Å². The van der Waals surface area contributed by atoms with Gasteiger partial charge in [-0.3, -0.25) is 14.7 Å². The van der Waals surface area contributed by atoms with Crippen molar-refractivity contribution in [3.05, 3.63) is 78.3 Å². The second-order valence-electron chi connectivity index (χ2n) is 6.23. The van der Waals surface area contributed by atoms with Crippen LogP contribution in [0.1, 0.15) is 23.6 Å². The number of fused-ring (bicyclic) bond motifs is 2. The highest BCUT2D eigenvalue weighted by Gasteiger charge is 2.50. The van der Waals surface area contributed by atoms with Crippen LogP contribution in [0, 0.1) is 0 Å². The first-order chi connectivity index (χ1) is 11.2. The Morgan fingerprint density at radius 1 is 1.17 bits per heavy atom. The minimum atomic E-state index is -0.113. The van der Waals surface area contributed by atoms with Gasteiger partial charge in [0.05, 0.1) is 12.1 Å². The molecule has 0 unspecified atom stereocenters. The summed E-state index contributed by atoms with van der Waals surface area (Å²) >= 11 is 0. The number of rotatable bonds is 3. The number of hydrogen-bond acceptors (Lipinski definition) is 3. The van der Waals surface area contributed by atoms with Crippen molar-refractivity contribution < 1.29 is 4.79 Å². The van der Waals surface area contributed by atoms with Crippen molar-refractivity contribution in [1.82, 2.24) is 15.2 Å². The van der Waals surface area contributed by atoms with E-state index >= 15 is 0 Å². The van der Waals surface area contributed by atoms with Crippen LogP contribution in [0.2, 0.25) is 0 Å². The fourth-order valence-electron chi connectivity index (χ4n) is 3.83. The summed E-state index contributed by atoms with van der Waals surface area (Å²) in [6, 6.07) is 16.2. The molecule has 4 heteroatoms. The fourth-order valence-corrected chi connectivity index (χ4v) is 3.83. The third-order valence-electron chi connectivity index (χ3n) is 4.84. The van der Waals surface area contributed by atoms with E-state index in [1.807, 2.05) is 42.6 Å². The summed E-state index contributed by atoms with van der Waals surface area (Å²) in [4.78, 5) is 19.2. The second kappa shape index (κ2) is 5.63. The number of aromatic nitrogens is 1. The maximum absolute atomic E-state index is 12.4. The molecule has 4 nitrogen and oxygen atoms in total. The molecule has 1 aromatic carbocycles. The van der Waals surface area contributed by atoms with Crippen LogP contribution in [0.5, 0.6) is 0 Å². The molecular formula is C19H19N3O. The van der Waals surface area contributed by atoms with Gasteiger partial charge in [-0.2, -0.15) is 0 Å². The lowest BCUT2D eigenvalue weighted by atomic mass is 9.94. The minimum Gasteiger partial charge on any atom is -0.327 e. The monoisotopic (exact) mass is 305 g/mol. The van der Waals surface area contributed by atoms with Gasteiger partial charge in [-0.25, -0.2) is 0 Å². The normalized spacial score (nSPS) is 27.0. The first-order valence-electron chi connectivity index (χ1n) is 7.94. The van der Waals surface area contributed by atoms with Gasteiger partial charge in [0, 0.05) is 30.1 Å². The van der Waals surface area contributed by atoms with Crippen LogP contribution in [0.15, 0.2) is 67.0 Å². The standard InChI is InChI=1S/C19H19N3O/c1-13-18-15(16-9-5-6-10-20-16)11-17(19(23)21-13)22(18)12-14-7-3-2-4-8-14/h2-10,15,17-18H,1,11-12H2,(H,21,23)/t15-,17+,18+/m0/s1. The number of amides is 1. The summed E-state index contributed by atoms with van der Waals surface area (Å²) in [6.45, 7) is 4.87. The van der Waals surface area contributed by atoms with E-state index in [0.717, 1.165) is 24.4 Å². The Morgan fingerprint density at radius 2 is 1.96 bits per heavy atom. The van der Waals surface area contributed by atoms with Gasteiger partial charge in [-0.15, -0.1) is 0 Å². The van der Waals surface area contributed by atoms with E-state index < -0.39 is 0 Å². The lowest BCUT2D eigenvalue weighted by Crippen LogP contribution is -2.53. The number of pyridine rings is 1. The van der Waals surface area contributed by atoms with Crippen molar-refractivity contribution in [2.75, 3.05) is 0 Å².